The molecule has 1 nitrogen and oxygen atoms in total. The summed E-state index contributed by atoms with van der Waals surface area (Å²) >= 11 is 0. The molecular formula is C12H20OSi. The van der Waals surface area contributed by atoms with Gasteiger partial charge in [0, 0.05) is 0 Å². The molecule has 1 atom stereocenters. The van der Waals surface area contributed by atoms with E-state index in [1.165, 1.54) is 5.56 Å². The minimum absolute atomic E-state index is 0.158. The molecule has 0 aliphatic rings. The van der Waals surface area contributed by atoms with Gasteiger partial charge < -0.3 is 5.11 Å². The highest BCUT2D eigenvalue weighted by Gasteiger charge is 2.25. The Morgan fingerprint density at radius 2 is 1.79 bits per heavy atom. The largest absolute Gasteiger partial charge is 0.392 e. The van der Waals surface area contributed by atoms with E-state index in [1.54, 1.807) is 0 Å². The molecule has 14 heavy (non-hydrogen) atoms. The fraction of sp³-hybridized carbons (Fsp3) is 0.500. The first-order chi connectivity index (χ1) is 6.46. The zero-order chi connectivity index (χ0) is 10.8. The molecule has 1 rings (SSSR count). The van der Waals surface area contributed by atoms with Crippen LogP contribution in [0.5, 0.6) is 0 Å². The summed E-state index contributed by atoms with van der Waals surface area (Å²) in [6.45, 7) is 9.54. The van der Waals surface area contributed by atoms with E-state index in [9.17, 15) is 5.11 Å². The Bertz CT molecular complexity index is 301. The first kappa shape index (κ1) is 11.5. The van der Waals surface area contributed by atoms with E-state index in [2.05, 4.69) is 38.7 Å². The van der Waals surface area contributed by atoms with Crippen LogP contribution < -0.4 is 0 Å². The molecule has 1 N–H and O–H groups in total. The maximum Gasteiger partial charge on any atom is 0.0684 e. The van der Waals surface area contributed by atoms with Crippen molar-refractivity contribution in [2.24, 2.45) is 0 Å². The van der Waals surface area contributed by atoms with Gasteiger partial charge in [0.05, 0.1) is 14.7 Å². The lowest BCUT2D eigenvalue weighted by molar-refractivity contribution is 0.280. The van der Waals surface area contributed by atoms with Crippen molar-refractivity contribution in [2.45, 2.75) is 38.7 Å². The summed E-state index contributed by atoms with van der Waals surface area (Å²) < 4.78 is 0. The average molecular weight is 208 g/mol. The van der Waals surface area contributed by atoms with Crippen molar-refractivity contribution in [3.63, 3.8) is 0 Å². The van der Waals surface area contributed by atoms with Crippen LogP contribution in [0.2, 0.25) is 19.6 Å². The number of aliphatic hydroxyl groups excluding tert-OH is 1. The fourth-order valence-electron chi connectivity index (χ4n) is 1.57. The molecule has 2 heteroatoms. The Morgan fingerprint density at radius 3 is 2.29 bits per heavy atom. The maximum absolute atomic E-state index is 9.25. The molecule has 0 aromatic heterocycles. The lowest BCUT2D eigenvalue weighted by Gasteiger charge is -2.27. The third-order valence-electron chi connectivity index (χ3n) is 2.99. The molecule has 0 radical (unpaired) electrons. The first-order valence-electron chi connectivity index (χ1n) is 5.15. The van der Waals surface area contributed by atoms with Crippen LogP contribution in [0, 0.1) is 0 Å². The van der Waals surface area contributed by atoms with Crippen LogP contribution in [0.4, 0.5) is 0 Å². The van der Waals surface area contributed by atoms with Crippen LogP contribution in [-0.2, 0) is 6.61 Å². The molecule has 0 aliphatic carbocycles. The summed E-state index contributed by atoms with van der Waals surface area (Å²) in [6, 6.07) is 8.22. The Hall–Kier alpha value is -0.603. The van der Waals surface area contributed by atoms with Gasteiger partial charge in [-0.3, -0.25) is 0 Å². The highest BCUT2D eigenvalue weighted by molar-refractivity contribution is 6.77. The quantitative estimate of drug-likeness (QED) is 0.757. The summed E-state index contributed by atoms with van der Waals surface area (Å²) in [5, 5.41) is 9.25. The summed E-state index contributed by atoms with van der Waals surface area (Å²) in [5.41, 5.74) is 3.02. The molecule has 0 amide bonds. The van der Waals surface area contributed by atoms with E-state index in [4.69, 9.17) is 0 Å². The van der Waals surface area contributed by atoms with Gasteiger partial charge in [0.15, 0.2) is 0 Å². The summed E-state index contributed by atoms with van der Waals surface area (Å²) in [4.78, 5) is 0. The van der Waals surface area contributed by atoms with Gasteiger partial charge in [-0.2, -0.15) is 0 Å². The number of benzene rings is 1. The van der Waals surface area contributed by atoms with Crippen LogP contribution in [-0.4, -0.2) is 13.2 Å². The molecule has 0 spiro atoms. The van der Waals surface area contributed by atoms with Gasteiger partial charge in [-0.05, 0) is 16.7 Å². The van der Waals surface area contributed by atoms with Gasteiger partial charge in [-0.25, -0.2) is 0 Å². The fourth-order valence-corrected chi connectivity index (χ4v) is 2.78. The summed E-state index contributed by atoms with van der Waals surface area (Å²) in [6.07, 6.45) is 0. The lowest BCUT2D eigenvalue weighted by Crippen LogP contribution is -2.29. The normalized spacial score (nSPS) is 14.1. The lowest BCUT2D eigenvalue weighted by atomic mass is 10.1. The maximum atomic E-state index is 9.25. The molecule has 0 aliphatic heterocycles. The van der Waals surface area contributed by atoms with E-state index in [-0.39, 0.29) is 6.61 Å². The number of hydrogen-bond acceptors (Lipinski definition) is 1. The number of rotatable bonds is 3. The highest BCUT2D eigenvalue weighted by Crippen LogP contribution is 2.28. The van der Waals surface area contributed by atoms with E-state index in [0.29, 0.717) is 5.54 Å². The van der Waals surface area contributed by atoms with Gasteiger partial charge in [0.2, 0.25) is 0 Å². The highest BCUT2D eigenvalue weighted by atomic mass is 28.3. The van der Waals surface area contributed by atoms with Crippen molar-refractivity contribution in [3.8, 4) is 0 Å². The average Bonchev–Trinajstić information content (AvgIpc) is 2.15. The van der Waals surface area contributed by atoms with Gasteiger partial charge in [0.25, 0.3) is 0 Å². The molecule has 1 aromatic carbocycles. The molecule has 0 saturated carbocycles. The van der Waals surface area contributed by atoms with E-state index in [1.807, 2.05) is 12.1 Å². The second kappa shape index (κ2) is 4.28. The monoisotopic (exact) mass is 208 g/mol. The minimum atomic E-state index is -1.16. The number of hydrogen-bond donors (Lipinski definition) is 1. The Balaban J connectivity index is 3.06. The standard InChI is InChI=1S/C12H20OSi/c1-10(14(2,3)4)12-8-6-5-7-11(12)9-13/h5-8,10,13H,9H2,1-4H3/t10-/m1/s1. The predicted octanol–water partition coefficient (Wildman–Crippen LogP) is 3.16. The zero-order valence-electron chi connectivity index (χ0n) is 9.54. The Kier molecular flexibility index (Phi) is 3.51. The Labute approximate surface area is 87.8 Å². The molecule has 1 aromatic rings. The molecule has 78 valence electrons. The van der Waals surface area contributed by atoms with Crippen LogP contribution in [0.15, 0.2) is 24.3 Å². The van der Waals surface area contributed by atoms with Crippen LogP contribution in [0.1, 0.15) is 23.6 Å². The molecular weight excluding hydrogens is 188 g/mol. The van der Waals surface area contributed by atoms with Gasteiger partial charge in [-0.1, -0.05) is 50.8 Å². The zero-order valence-corrected chi connectivity index (χ0v) is 10.5. The second-order valence-corrected chi connectivity index (χ2v) is 10.5. The van der Waals surface area contributed by atoms with Crippen molar-refractivity contribution < 1.29 is 5.11 Å². The van der Waals surface area contributed by atoms with Crippen LogP contribution in [0.25, 0.3) is 0 Å². The van der Waals surface area contributed by atoms with Crippen molar-refractivity contribution in [1.29, 1.82) is 0 Å². The van der Waals surface area contributed by atoms with E-state index >= 15 is 0 Å². The van der Waals surface area contributed by atoms with Crippen LogP contribution in [0.3, 0.4) is 0 Å². The molecule has 0 heterocycles. The predicted molar refractivity (Wildman–Crippen MR) is 64.1 cm³/mol. The van der Waals surface area contributed by atoms with Crippen molar-refractivity contribution in [3.05, 3.63) is 35.4 Å². The number of aliphatic hydroxyl groups is 1. The van der Waals surface area contributed by atoms with Gasteiger partial charge in [0.1, 0.15) is 0 Å². The van der Waals surface area contributed by atoms with Gasteiger partial charge in [-0.15, -0.1) is 0 Å². The Morgan fingerprint density at radius 1 is 1.21 bits per heavy atom. The SMILES string of the molecule is C[C@H](c1ccccc1CO)[Si](C)(C)C. The smallest absolute Gasteiger partial charge is 0.0684 e. The van der Waals surface area contributed by atoms with E-state index < -0.39 is 8.07 Å². The minimum Gasteiger partial charge on any atom is -0.392 e. The third kappa shape index (κ3) is 2.46. The van der Waals surface area contributed by atoms with Crippen molar-refractivity contribution in [2.75, 3.05) is 0 Å². The topological polar surface area (TPSA) is 20.2 Å². The van der Waals surface area contributed by atoms with Crippen LogP contribution >= 0.6 is 0 Å². The third-order valence-corrected chi connectivity index (χ3v) is 5.90. The molecule has 0 fully saturated rings. The summed E-state index contributed by atoms with van der Waals surface area (Å²) in [5.74, 6) is 0. The van der Waals surface area contributed by atoms with E-state index in [0.717, 1.165) is 5.56 Å². The second-order valence-electron chi connectivity index (χ2n) is 4.94. The summed E-state index contributed by atoms with van der Waals surface area (Å²) in [7, 11) is -1.16. The first-order valence-corrected chi connectivity index (χ1v) is 8.73. The molecule has 0 saturated heterocycles. The molecule has 0 unspecified atom stereocenters. The van der Waals surface area contributed by atoms with Crippen molar-refractivity contribution in [1.82, 2.24) is 0 Å². The van der Waals surface area contributed by atoms with Gasteiger partial charge >= 0.3 is 0 Å². The molecule has 0 bridgehead atoms. The van der Waals surface area contributed by atoms with Crippen molar-refractivity contribution >= 4 is 8.07 Å².